The number of carbonyl (C=O) groups is 1. The molecule has 1 rings (SSSR count). The molecule has 6 heteroatoms. The number of aryl methyl sites for hydroxylation is 1. The quantitative estimate of drug-likeness (QED) is 0.798. The predicted octanol–water partition coefficient (Wildman–Crippen LogP) is 2.62. The third-order valence-corrected chi connectivity index (χ3v) is 3.52. The van der Waals surface area contributed by atoms with Gasteiger partial charge < -0.3 is 15.2 Å². The number of hydrogen-bond donors (Lipinski definition) is 2. The van der Waals surface area contributed by atoms with Gasteiger partial charge in [-0.15, -0.1) is 11.3 Å². The Hall–Kier alpha value is -1.14. The molecule has 1 aromatic rings. The number of nitrogens with zero attached hydrogens (tertiary/aromatic N) is 1. The van der Waals surface area contributed by atoms with Crippen LogP contribution in [-0.2, 0) is 4.74 Å². The summed E-state index contributed by atoms with van der Waals surface area (Å²) in [6.07, 6.45) is 0. The molecule has 0 fully saturated rings. The molecule has 1 heterocycles. The molecule has 0 saturated heterocycles. The van der Waals surface area contributed by atoms with Crippen molar-refractivity contribution < 1.29 is 14.6 Å². The first-order valence-corrected chi connectivity index (χ1v) is 6.82. The zero-order valence-corrected chi connectivity index (χ0v) is 12.0. The smallest absolute Gasteiger partial charge is 0.355 e. The van der Waals surface area contributed by atoms with E-state index in [1.807, 2.05) is 6.92 Å². The van der Waals surface area contributed by atoms with Crippen LogP contribution in [0.25, 0.3) is 0 Å². The molecule has 0 radical (unpaired) electrons. The number of hydrogen-bond acceptors (Lipinski definition) is 5. The van der Waals surface area contributed by atoms with Gasteiger partial charge in [0.1, 0.15) is 0 Å². The summed E-state index contributed by atoms with van der Waals surface area (Å²) >= 11 is 1.36. The van der Waals surface area contributed by atoms with Crippen LogP contribution in [0.15, 0.2) is 0 Å². The second-order valence-electron chi connectivity index (χ2n) is 4.38. The number of thiazole rings is 1. The Balaban J connectivity index is 2.74. The van der Waals surface area contributed by atoms with Crippen molar-refractivity contribution in [2.45, 2.75) is 33.7 Å². The summed E-state index contributed by atoms with van der Waals surface area (Å²) in [6, 6.07) is 0.136. The summed E-state index contributed by atoms with van der Waals surface area (Å²) in [7, 11) is 0. The molecule has 0 saturated carbocycles. The van der Waals surface area contributed by atoms with Gasteiger partial charge in [-0.2, -0.15) is 0 Å². The Bertz CT molecular complexity index is 404. The fourth-order valence-corrected chi connectivity index (χ4v) is 2.33. The Morgan fingerprint density at radius 3 is 2.67 bits per heavy atom. The predicted molar refractivity (Wildman–Crippen MR) is 72.6 cm³/mol. The van der Waals surface area contributed by atoms with Crippen molar-refractivity contribution in [3.05, 3.63) is 10.6 Å². The van der Waals surface area contributed by atoms with E-state index in [0.717, 1.165) is 0 Å². The fraction of sp³-hybridized carbons (Fsp3) is 0.667. The number of anilines is 1. The maximum Gasteiger partial charge on any atom is 0.355 e. The molecule has 1 atom stereocenters. The summed E-state index contributed by atoms with van der Waals surface area (Å²) in [5.74, 6) is -0.600. The number of carboxylic acid groups (broad SMARTS) is 1. The van der Waals surface area contributed by atoms with Crippen LogP contribution < -0.4 is 5.32 Å². The van der Waals surface area contributed by atoms with E-state index in [-0.39, 0.29) is 11.7 Å². The summed E-state index contributed by atoms with van der Waals surface area (Å²) in [6.45, 7) is 9.16. The number of aromatic nitrogens is 1. The zero-order valence-electron chi connectivity index (χ0n) is 11.2. The highest BCUT2D eigenvalue weighted by Crippen LogP contribution is 2.23. The molecular weight excluding hydrogens is 252 g/mol. The van der Waals surface area contributed by atoms with Gasteiger partial charge in [0.05, 0.1) is 12.6 Å². The average Bonchev–Trinajstić information content (AvgIpc) is 2.65. The first-order valence-electron chi connectivity index (χ1n) is 6.00. The Morgan fingerprint density at radius 1 is 1.56 bits per heavy atom. The van der Waals surface area contributed by atoms with E-state index in [1.54, 1.807) is 6.92 Å². The maximum absolute atomic E-state index is 10.9. The lowest BCUT2D eigenvalue weighted by Crippen LogP contribution is -2.30. The Labute approximate surface area is 111 Å². The Kier molecular flexibility index (Phi) is 5.55. The lowest BCUT2D eigenvalue weighted by atomic mass is 10.1. The number of rotatable bonds is 7. The van der Waals surface area contributed by atoms with Crippen LogP contribution in [0.5, 0.6) is 0 Å². The van der Waals surface area contributed by atoms with Crippen molar-refractivity contribution >= 4 is 22.4 Å². The van der Waals surface area contributed by atoms with Crippen LogP contribution >= 0.6 is 11.3 Å². The monoisotopic (exact) mass is 272 g/mol. The van der Waals surface area contributed by atoms with E-state index >= 15 is 0 Å². The molecule has 0 bridgehead atoms. The van der Waals surface area contributed by atoms with Crippen LogP contribution in [0.1, 0.15) is 36.1 Å². The molecule has 1 aromatic heterocycles. The minimum Gasteiger partial charge on any atom is -0.476 e. The highest BCUT2D eigenvalue weighted by atomic mass is 32.1. The van der Waals surface area contributed by atoms with Gasteiger partial charge in [-0.1, -0.05) is 13.8 Å². The second-order valence-corrected chi connectivity index (χ2v) is 5.59. The van der Waals surface area contributed by atoms with Gasteiger partial charge in [-0.05, 0) is 19.8 Å². The third-order valence-electron chi connectivity index (χ3n) is 2.61. The molecule has 0 spiro atoms. The SMILES string of the molecule is CCOCC(Nc1nc(C(=O)O)c(C)s1)C(C)C. The molecule has 5 nitrogen and oxygen atoms in total. The van der Waals surface area contributed by atoms with Gasteiger partial charge in [0.25, 0.3) is 0 Å². The van der Waals surface area contributed by atoms with E-state index in [4.69, 9.17) is 9.84 Å². The topological polar surface area (TPSA) is 71.5 Å². The first-order chi connectivity index (χ1) is 8.45. The molecule has 0 aliphatic heterocycles. The van der Waals surface area contributed by atoms with E-state index in [1.165, 1.54) is 11.3 Å². The highest BCUT2D eigenvalue weighted by molar-refractivity contribution is 7.15. The molecule has 0 amide bonds. The third kappa shape index (κ3) is 3.96. The van der Waals surface area contributed by atoms with Crippen LogP contribution in [0.3, 0.4) is 0 Å². The number of carboxylic acids is 1. The summed E-state index contributed by atoms with van der Waals surface area (Å²) in [4.78, 5) is 15.7. The van der Waals surface area contributed by atoms with Crippen molar-refractivity contribution in [1.29, 1.82) is 0 Å². The molecule has 0 aliphatic rings. The first kappa shape index (κ1) is 14.9. The summed E-state index contributed by atoms with van der Waals surface area (Å²) < 4.78 is 5.41. The molecule has 2 N–H and O–H groups in total. The molecule has 102 valence electrons. The summed E-state index contributed by atoms with van der Waals surface area (Å²) in [5, 5.41) is 12.8. The van der Waals surface area contributed by atoms with Crippen molar-refractivity contribution in [2.75, 3.05) is 18.5 Å². The van der Waals surface area contributed by atoms with Crippen LogP contribution in [0.2, 0.25) is 0 Å². The lowest BCUT2D eigenvalue weighted by molar-refractivity contribution is 0.0690. The van der Waals surface area contributed by atoms with Gasteiger partial charge in [-0.25, -0.2) is 9.78 Å². The van der Waals surface area contributed by atoms with Gasteiger partial charge in [0, 0.05) is 11.5 Å². The van der Waals surface area contributed by atoms with Crippen molar-refractivity contribution in [1.82, 2.24) is 4.98 Å². The van der Waals surface area contributed by atoms with Gasteiger partial charge in [0.2, 0.25) is 0 Å². The molecule has 0 aliphatic carbocycles. The van der Waals surface area contributed by atoms with Crippen LogP contribution in [0, 0.1) is 12.8 Å². The summed E-state index contributed by atoms with van der Waals surface area (Å²) in [5.41, 5.74) is 0.126. The minimum atomic E-state index is -0.984. The van der Waals surface area contributed by atoms with Crippen molar-refractivity contribution in [3.63, 3.8) is 0 Å². The number of aromatic carboxylic acids is 1. The lowest BCUT2D eigenvalue weighted by Gasteiger charge is -2.21. The number of ether oxygens (including phenoxy) is 1. The van der Waals surface area contributed by atoms with E-state index in [0.29, 0.717) is 29.1 Å². The largest absolute Gasteiger partial charge is 0.476 e. The fourth-order valence-electron chi connectivity index (χ4n) is 1.46. The van der Waals surface area contributed by atoms with E-state index < -0.39 is 5.97 Å². The van der Waals surface area contributed by atoms with Crippen LogP contribution in [0.4, 0.5) is 5.13 Å². The Morgan fingerprint density at radius 2 is 2.22 bits per heavy atom. The normalized spacial score (nSPS) is 12.7. The second kappa shape index (κ2) is 6.70. The molecule has 1 unspecified atom stereocenters. The van der Waals surface area contributed by atoms with Crippen LogP contribution in [-0.4, -0.2) is 35.3 Å². The standard InChI is InChI=1S/C12H20N2O3S/c1-5-17-6-9(7(2)3)13-12-14-10(11(15)16)8(4)18-12/h7,9H,5-6H2,1-4H3,(H,13,14)(H,15,16). The van der Waals surface area contributed by atoms with Gasteiger partial charge in [0.15, 0.2) is 10.8 Å². The molecule has 0 aromatic carbocycles. The zero-order chi connectivity index (χ0) is 13.7. The maximum atomic E-state index is 10.9. The molecule has 18 heavy (non-hydrogen) atoms. The van der Waals surface area contributed by atoms with Crippen molar-refractivity contribution in [3.8, 4) is 0 Å². The van der Waals surface area contributed by atoms with E-state index in [9.17, 15) is 4.79 Å². The van der Waals surface area contributed by atoms with Crippen molar-refractivity contribution in [2.24, 2.45) is 5.92 Å². The number of nitrogens with one attached hydrogen (secondary N) is 1. The molecular formula is C12H20N2O3S. The average molecular weight is 272 g/mol. The highest BCUT2D eigenvalue weighted by Gasteiger charge is 2.18. The van der Waals surface area contributed by atoms with E-state index in [2.05, 4.69) is 24.1 Å². The van der Waals surface area contributed by atoms with Gasteiger partial charge >= 0.3 is 5.97 Å². The minimum absolute atomic E-state index is 0.126. The van der Waals surface area contributed by atoms with Gasteiger partial charge in [-0.3, -0.25) is 0 Å².